The van der Waals surface area contributed by atoms with E-state index < -0.39 is 0 Å². The van der Waals surface area contributed by atoms with Gasteiger partial charge in [-0.25, -0.2) is 0 Å². The third-order valence-electron chi connectivity index (χ3n) is 2.54. The molecule has 1 aromatic rings. The first-order valence-corrected chi connectivity index (χ1v) is 5.62. The number of nitrogens with zero attached hydrogens (tertiary/aromatic N) is 1. The lowest BCUT2D eigenvalue weighted by molar-refractivity contribution is -0.114. The first-order chi connectivity index (χ1) is 7.95. The quantitative estimate of drug-likeness (QED) is 0.751. The Hall–Kier alpha value is -1.64. The number of allylic oxidation sites excluding steroid dienone is 2. The number of carbonyl (C=O) groups excluding carboxylic acids is 1. The minimum Gasteiger partial charge on any atom is -0.496 e. The van der Waals surface area contributed by atoms with Crippen molar-refractivity contribution in [1.82, 2.24) is 4.98 Å². The largest absolute Gasteiger partial charge is 0.496 e. The highest BCUT2D eigenvalue weighted by Crippen LogP contribution is 2.24. The Labute approximate surface area is 103 Å². The van der Waals surface area contributed by atoms with Gasteiger partial charge in [-0.15, -0.1) is 0 Å². The molecular weight excluding hydrogens is 214 g/mol. The van der Waals surface area contributed by atoms with E-state index in [0.717, 1.165) is 28.1 Å². The number of methoxy groups -OCH3 is 1. The summed E-state index contributed by atoms with van der Waals surface area (Å²) in [7, 11) is 1.64. The van der Waals surface area contributed by atoms with Gasteiger partial charge in [0.2, 0.25) is 0 Å². The maximum absolute atomic E-state index is 11.7. The van der Waals surface area contributed by atoms with E-state index in [4.69, 9.17) is 4.74 Å². The molecule has 92 valence electrons. The number of aromatic nitrogens is 1. The molecule has 0 saturated heterocycles. The fourth-order valence-corrected chi connectivity index (χ4v) is 1.79. The van der Waals surface area contributed by atoms with E-state index in [1.165, 1.54) is 0 Å². The SMILES string of the molecule is COc1c(C)cnc(CC(=O)C=C(C)C)c1C. The van der Waals surface area contributed by atoms with Crippen molar-refractivity contribution in [2.75, 3.05) is 7.11 Å². The fraction of sp³-hybridized carbons (Fsp3) is 0.429. The van der Waals surface area contributed by atoms with Crippen LogP contribution < -0.4 is 4.74 Å². The van der Waals surface area contributed by atoms with Crippen molar-refractivity contribution in [2.45, 2.75) is 34.1 Å². The van der Waals surface area contributed by atoms with Crippen LogP contribution in [0.2, 0.25) is 0 Å². The predicted octanol–water partition coefficient (Wildman–Crippen LogP) is 2.78. The van der Waals surface area contributed by atoms with E-state index in [9.17, 15) is 4.79 Å². The molecule has 1 aromatic heterocycles. The highest BCUT2D eigenvalue weighted by Gasteiger charge is 2.11. The van der Waals surface area contributed by atoms with Crippen LogP contribution in [-0.4, -0.2) is 17.9 Å². The summed E-state index contributed by atoms with van der Waals surface area (Å²) in [5, 5.41) is 0. The number of pyridine rings is 1. The molecule has 0 aliphatic carbocycles. The summed E-state index contributed by atoms with van der Waals surface area (Å²) in [6, 6.07) is 0. The number of ketones is 1. The highest BCUT2D eigenvalue weighted by molar-refractivity contribution is 5.91. The summed E-state index contributed by atoms with van der Waals surface area (Å²) in [5.41, 5.74) is 3.73. The van der Waals surface area contributed by atoms with Crippen LogP contribution in [0.1, 0.15) is 30.7 Å². The Morgan fingerprint density at radius 2 is 2.06 bits per heavy atom. The van der Waals surface area contributed by atoms with Crippen molar-refractivity contribution >= 4 is 5.78 Å². The van der Waals surface area contributed by atoms with Crippen LogP contribution in [-0.2, 0) is 11.2 Å². The Balaban J connectivity index is 3.01. The first kappa shape index (κ1) is 13.4. The molecule has 1 heterocycles. The molecule has 0 bridgehead atoms. The van der Waals surface area contributed by atoms with Crippen LogP contribution in [0.3, 0.4) is 0 Å². The Bertz CT molecular complexity index is 458. The number of carbonyl (C=O) groups is 1. The van der Waals surface area contributed by atoms with Crippen LogP contribution in [0.5, 0.6) is 5.75 Å². The van der Waals surface area contributed by atoms with Crippen molar-refractivity contribution in [3.8, 4) is 5.75 Å². The van der Waals surface area contributed by atoms with E-state index in [2.05, 4.69) is 4.98 Å². The molecule has 0 amide bonds. The molecule has 0 aliphatic heterocycles. The molecule has 3 nitrogen and oxygen atoms in total. The number of hydrogen-bond donors (Lipinski definition) is 0. The van der Waals surface area contributed by atoms with Crippen molar-refractivity contribution in [3.05, 3.63) is 34.7 Å². The van der Waals surface area contributed by atoms with Gasteiger partial charge in [0.25, 0.3) is 0 Å². The molecule has 0 unspecified atom stereocenters. The average Bonchev–Trinajstić information content (AvgIpc) is 2.22. The molecular formula is C14H19NO2. The summed E-state index contributed by atoms with van der Waals surface area (Å²) in [5.74, 6) is 0.895. The molecule has 0 atom stereocenters. The third kappa shape index (κ3) is 3.41. The second-order valence-electron chi connectivity index (χ2n) is 4.41. The van der Waals surface area contributed by atoms with E-state index in [1.807, 2.05) is 27.7 Å². The van der Waals surface area contributed by atoms with Gasteiger partial charge in [0, 0.05) is 17.3 Å². The Kier molecular flexibility index (Phi) is 4.44. The zero-order valence-electron chi connectivity index (χ0n) is 11.1. The third-order valence-corrected chi connectivity index (χ3v) is 2.54. The number of ether oxygens (including phenoxy) is 1. The zero-order chi connectivity index (χ0) is 13.0. The summed E-state index contributed by atoms with van der Waals surface area (Å²) >= 11 is 0. The van der Waals surface area contributed by atoms with Gasteiger partial charge < -0.3 is 4.74 Å². The Morgan fingerprint density at radius 3 is 2.59 bits per heavy atom. The molecule has 1 rings (SSSR count). The Morgan fingerprint density at radius 1 is 1.41 bits per heavy atom. The molecule has 3 heteroatoms. The fourth-order valence-electron chi connectivity index (χ4n) is 1.79. The second-order valence-corrected chi connectivity index (χ2v) is 4.41. The van der Waals surface area contributed by atoms with E-state index in [1.54, 1.807) is 19.4 Å². The minimum atomic E-state index is 0.0755. The number of aryl methyl sites for hydroxylation is 1. The molecule has 0 aromatic carbocycles. The van der Waals surface area contributed by atoms with Crippen molar-refractivity contribution in [3.63, 3.8) is 0 Å². The monoisotopic (exact) mass is 233 g/mol. The molecule has 0 radical (unpaired) electrons. The smallest absolute Gasteiger partial charge is 0.161 e. The molecule has 0 saturated carbocycles. The maximum atomic E-state index is 11.7. The molecule has 0 aliphatic rings. The second kappa shape index (κ2) is 5.62. The first-order valence-electron chi connectivity index (χ1n) is 5.62. The van der Waals surface area contributed by atoms with Gasteiger partial charge in [0.15, 0.2) is 5.78 Å². The van der Waals surface area contributed by atoms with E-state index in [-0.39, 0.29) is 5.78 Å². The lowest BCUT2D eigenvalue weighted by atomic mass is 10.1. The topological polar surface area (TPSA) is 39.2 Å². The predicted molar refractivity (Wildman–Crippen MR) is 68.4 cm³/mol. The van der Waals surface area contributed by atoms with E-state index in [0.29, 0.717) is 6.42 Å². The number of hydrogen-bond acceptors (Lipinski definition) is 3. The highest BCUT2D eigenvalue weighted by atomic mass is 16.5. The van der Waals surface area contributed by atoms with Crippen molar-refractivity contribution in [1.29, 1.82) is 0 Å². The maximum Gasteiger partial charge on any atom is 0.161 e. The summed E-state index contributed by atoms with van der Waals surface area (Å²) in [6.07, 6.45) is 3.72. The molecule has 0 fully saturated rings. The van der Waals surface area contributed by atoms with Gasteiger partial charge in [-0.2, -0.15) is 0 Å². The van der Waals surface area contributed by atoms with Crippen LogP contribution in [0.15, 0.2) is 17.8 Å². The van der Waals surface area contributed by atoms with Crippen LogP contribution >= 0.6 is 0 Å². The normalized spacial score (nSPS) is 9.94. The number of rotatable bonds is 4. The summed E-state index contributed by atoms with van der Waals surface area (Å²) < 4.78 is 5.31. The molecule has 0 N–H and O–H groups in total. The van der Waals surface area contributed by atoms with Crippen LogP contribution in [0.25, 0.3) is 0 Å². The van der Waals surface area contributed by atoms with Gasteiger partial charge in [-0.3, -0.25) is 9.78 Å². The molecule has 17 heavy (non-hydrogen) atoms. The summed E-state index contributed by atoms with van der Waals surface area (Å²) in [4.78, 5) is 16.0. The van der Waals surface area contributed by atoms with E-state index >= 15 is 0 Å². The standard InChI is InChI=1S/C14H19NO2/c1-9(2)6-12(16)7-13-11(4)14(17-5)10(3)8-15-13/h6,8H,7H2,1-5H3. The molecule has 0 spiro atoms. The van der Waals surface area contributed by atoms with Gasteiger partial charge in [0.05, 0.1) is 19.2 Å². The van der Waals surface area contributed by atoms with Crippen LogP contribution in [0, 0.1) is 13.8 Å². The average molecular weight is 233 g/mol. The van der Waals surface area contributed by atoms with Gasteiger partial charge >= 0.3 is 0 Å². The van der Waals surface area contributed by atoms with Crippen molar-refractivity contribution in [2.24, 2.45) is 0 Å². The lowest BCUT2D eigenvalue weighted by Crippen LogP contribution is -2.06. The lowest BCUT2D eigenvalue weighted by Gasteiger charge is -2.11. The minimum absolute atomic E-state index is 0.0755. The van der Waals surface area contributed by atoms with Gasteiger partial charge in [-0.1, -0.05) is 5.57 Å². The van der Waals surface area contributed by atoms with Gasteiger partial charge in [-0.05, 0) is 33.8 Å². The van der Waals surface area contributed by atoms with Crippen molar-refractivity contribution < 1.29 is 9.53 Å². The zero-order valence-corrected chi connectivity index (χ0v) is 11.1. The van der Waals surface area contributed by atoms with Gasteiger partial charge in [0.1, 0.15) is 5.75 Å². The summed E-state index contributed by atoms with van der Waals surface area (Å²) in [6.45, 7) is 7.70. The van der Waals surface area contributed by atoms with Crippen LogP contribution in [0.4, 0.5) is 0 Å².